The molecule has 2 aromatic heterocycles. The van der Waals surface area contributed by atoms with E-state index in [0.29, 0.717) is 11.5 Å². The fourth-order valence-corrected chi connectivity index (χ4v) is 2.17. The summed E-state index contributed by atoms with van der Waals surface area (Å²) in [4.78, 5) is 16.5. The van der Waals surface area contributed by atoms with Crippen LogP contribution in [-0.2, 0) is 0 Å². The lowest BCUT2D eigenvalue weighted by Gasteiger charge is -2.06. The first-order valence-electron chi connectivity index (χ1n) is 6.26. The van der Waals surface area contributed by atoms with Gasteiger partial charge in [0.05, 0.1) is 0 Å². The first-order chi connectivity index (χ1) is 10.2. The molecule has 0 saturated heterocycles. The summed E-state index contributed by atoms with van der Waals surface area (Å²) in [6.45, 7) is 0. The van der Waals surface area contributed by atoms with Gasteiger partial charge in [0, 0.05) is 21.7 Å². The summed E-state index contributed by atoms with van der Waals surface area (Å²) in [5, 5.41) is 6.93. The number of carbonyl (C=O) groups excluding carboxylic acids is 1. The molecule has 1 aromatic carbocycles. The van der Waals surface area contributed by atoms with Crippen molar-refractivity contribution in [2.75, 3.05) is 5.32 Å². The number of nitrogens with zero attached hydrogens (tertiary/aromatic N) is 3. The van der Waals surface area contributed by atoms with Gasteiger partial charge in [0.25, 0.3) is 5.91 Å². The third kappa shape index (κ3) is 3.27. The van der Waals surface area contributed by atoms with Crippen molar-refractivity contribution < 1.29 is 4.79 Å². The topological polar surface area (TPSA) is 59.8 Å². The first-order valence-corrected chi connectivity index (χ1v) is 7.34. The molecule has 2 heterocycles. The molecule has 3 aromatic rings. The molecule has 0 atom stereocenters. The summed E-state index contributed by atoms with van der Waals surface area (Å²) in [6.07, 6.45) is 3.45. The number of carbonyl (C=O) groups is 1. The van der Waals surface area contributed by atoms with E-state index in [1.54, 1.807) is 41.3 Å². The molecular weight excluding hydrogens is 379 g/mol. The molecule has 0 aliphatic rings. The van der Waals surface area contributed by atoms with Crippen molar-refractivity contribution in [3.63, 3.8) is 0 Å². The second kappa shape index (κ2) is 6.04. The molecule has 1 amide bonds. The molecule has 0 aliphatic heterocycles. The van der Waals surface area contributed by atoms with Crippen molar-refractivity contribution >= 4 is 34.2 Å². The summed E-state index contributed by atoms with van der Waals surface area (Å²) in [7, 11) is 0. The number of rotatable bonds is 3. The molecule has 0 radical (unpaired) electrons. The van der Waals surface area contributed by atoms with E-state index < -0.39 is 0 Å². The molecule has 0 bridgehead atoms. The number of nitrogens with one attached hydrogen (secondary N) is 1. The molecule has 21 heavy (non-hydrogen) atoms. The minimum atomic E-state index is -0.245. The van der Waals surface area contributed by atoms with Crippen LogP contribution in [0.3, 0.4) is 0 Å². The molecule has 0 aliphatic carbocycles. The Hall–Kier alpha value is -2.22. The van der Waals surface area contributed by atoms with Gasteiger partial charge in [0.2, 0.25) is 0 Å². The van der Waals surface area contributed by atoms with Crippen molar-refractivity contribution in [1.82, 2.24) is 14.8 Å². The summed E-state index contributed by atoms with van der Waals surface area (Å²) in [6, 6.07) is 14.7. The third-order valence-corrected chi connectivity index (χ3v) is 3.53. The summed E-state index contributed by atoms with van der Waals surface area (Å²) in [5.41, 5.74) is 1.09. The maximum absolute atomic E-state index is 12.2. The molecular formula is C15H11IN4O. The zero-order valence-electron chi connectivity index (χ0n) is 10.9. The lowest BCUT2D eigenvalue weighted by atomic mass is 10.3. The van der Waals surface area contributed by atoms with Crippen LogP contribution in [0, 0.1) is 3.57 Å². The Kier molecular flexibility index (Phi) is 3.96. The van der Waals surface area contributed by atoms with Crippen molar-refractivity contribution in [3.8, 4) is 5.82 Å². The van der Waals surface area contributed by atoms with Gasteiger partial charge in [-0.1, -0.05) is 6.07 Å². The monoisotopic (exact) mass is 390 g/mol. The average molecular weight is 390 g/mol. The highest BCUT2D eigenvalue weighted by molar-refractivity contribution is 14.1. The molecule has 3 rings (SSSR count). The SMILES string of the molecule is O=C(Nc1ccc(I)cc1)c1cccc(-n2cccn2)n1. The van der Waals surface area contributed by atoms with Crippen molar-refractivity contribution in [1.29, 1.82) is 0 Å². The molecule has 0 spiro atoms. The number of hydrogen-bond donors (Lipinski definition) is 1. The minimum absolute atomic E-state index is 0.245. The zero-order chi connectivity index (χ0) is 14.7. The van der Waals surface area contributed by atoms with E-state index in [0.717, 1.165) is 9.26 Å². The van der Waals surface area contributed by atoms with E-state index in [2.05, 4.69) is 38.0 Å². The van der Waals surface area contributed by atoms with Crippen LogP contribution in [0.4, 0.5) is 5.69 Å². The Labute approximate surface area is 135 Å². The van der Waals surface area contributed by atoms with E-state index in [1.807, 2.05) is 24.3 Å². The summed E-state index contributed by atoms with van der Waals surface area (Å²) in [5.74, 6) is 0.362. The van der Waals surface area contributed by atoms with Gasteiger partial charge in [-0.25, -0.2) is 9.67 Å². The zero-order valence-corrected chi connectivity index (χ0v) is 13.1. The van der Waals surface area contributed by atoms with Crippen LogP contribution in [0.15, 0.2) is 60.9 Å². The van der Waals surface area contributed by atoms with Gasteiger partial charge in [-0.3, -0.25) is 4.79 Å². The number of halogens is 1. The number of amides is 1. The average Bonchev–Trinajstić information content (AvgIpc) is 3.04. The van der Waals surface area contributed by atoms with Crippen LogP contribution in [0.25, 0.3) is 5.82 Å². The largest absolute Gasteiger partial charge is 0.321 e. The number of hydrogen-bond acceptors (Lipinski definition) is 3. The molecule has 1 N–H and O–H groups in total. The van der Waals surface area contributed by atoms with Crippen molar-refractivity contribution in [3.05, 3.63) is 70.2 Å². The highest BCUT2D eigenvalue weighted by atomic mass is 127. The standard InChI is InChI=1S/C15H11IN4O/c16-11-5-7-12(8-6-11)18-15(21)13-3-1-4-14(19-13)20-10-2-9-17-20/h1-10H,(H,18,21). The predicted octanol–water partition coefficient (Wildman–Crippen LogP) is 3.12. The second-order valence-corrected chi connectivity index (χ2v) is 5.54. The van der Waals surface area contributed by atoms with Crippen LogP contribution >= 0.6 is 22.6 Å². The van der Waals surface area contributed by atoms with Gasteiger partial charge in [0.15, 0.2) is 5.82 Å². The van der Waals surface area contributed by atoms with E-state index in [4.69, 9.17) is 0 Å². The van der Waals surface area contributed by atoms with Gasteiger partial charge in [0.1, 0.15) is 5.69 Å². The Balaban J connectivity index is 1.81. The molecule has 0 unspecified atom stereocenters. The molecule has 0 saturated carbocycles. The maximum atomic E-state index is 12.2. The quantitative estimate of drug-likeness (QED) is 0.700. The van der Waals surface area contributed by atoms with E-state index in [9.17, 15) is 4.79 Å². The number of benzene rings is 1. The smallest absolute Gasteiger partial charge is 0.274 e. The number of aromatic nitrogens is 3. The lowest BCUT2D eigenvalue weighted by Crippen LogP contribution is -2.14. The highest BCUT2D eigenvalue weighted by Gasteiger charge is 2.09. The van der Waals surface area contributed by atoms with Crippen molar-refractivity contribution in [2.24, 2.45) is 0 Å². The van der Waals surface area contributed by atoms with Gasteiger partial charge in [-0.15, -0.1) is 0 Å². The van der Waals surface area contributed by atoms with Gasteiger partial charge < -0.3 is 5.32 Å². The van der Waals surface area contributed by atoms with Gasteiger partial charge >= 0.3 is 0 Å². The van der Waals surface area contributed by atoms with E-state index in [1.165, 1.54) is 0 Å². The van der Waals surface area contributed by atoms with E-state index in [-0.39, 0.29) is 5.91 Å². The minimum Gasteiger partial charge on any atom is -0.321 e. The molecule has 6 heteroatoms. The Morgan fingerprint density at radius 3 is 2.62 bits per heavy atom. The predicted molar refractivity (Wildman–Crippen MR) is 88.5 cm³/mol. The fraction of sp³-hybridized carbons (Fsp3) is 0. The van der Waals surface area contributed by atoms with Crippen molar-refractivity contribution in [2.45, 2.75) is 0 Å². The first kappa shape index (κ1) is 13.7. The summed E-state index contributed by atoms with van der Waals surface area (Å²) < 4.78 is 2.73. The maximum Gasteiger partial charge on any atom is 0.274 e. The molecule has 0 fully saturated rings. The second-order valence-electron chi connectivity index (χ2n) is 4.29. The van der Waals surface area contributed by atoms with Crippen LogP contribution in [0.2, 0.25) is 0 Å². The Morgan fingerprint density at radius 2 is 1.90 bits per heavy atom. The number of anilines is 1. The fourth-order valence-electron chi connectivity index (χ4n) is 1.81. The number of pyridine rings is 1. The highest BCUT2D eigenvalue weighted by Crippen LogP contribution is 2.12. The summed E-state index contributed by atoms with van der Waals surface area (Å²) >= 11 is 2.22. The van der Waals surface area contributed by atoms with Crippen LogP contribution in [-0.4, -0.2) is 20.7 Å². The lowest BCUT2D eigenvalue weighted by molar-refractivity contribution is 0.102. The Morgan fingerprint density at radius 1 is 1.10 bits per heavy atom. The molecule has 5 nitrogen and oxygen atoms in total. The van der Waals surface area contributed by atoms with Crippen LogP contribution < -0.4 is 5.32 Å². The van der Waals surface area contributed by atoms with Crippen LogP contribution in [0.5, 0.6) is 0 Å². The third-order valence-electron chi connectivity index (χ3n) is 2.81. The van der Waals surface area contributed by atoms with E-state index >= 15 is 0 Å². The Bertz CT molecular complexity index is 754. The molecule has 104 valence electrons. The van der Waals surface area contributed by atoms with Crippen LogP contribution in [0.1, 0.15) is 10.5 Å². The van der Waals surface area contributed by atoms with Gasteiger partial charge in [-0.2, -0.15) is 5.10 Å². The van der Waals surface area contributed by atoms with Gasteiger partial charge in [-0.05, 0) is 65.1 Å². The normalized spacial score (nSPS) is 10.3.